The van der Waals surface area contributed by atoms with E-state index in [-0.39, 0.29) is 0 Å². The molecule has 94 valence electrons. The van der Waals surface area contributed by atoms with Crippen molar-refractivity contribution in [3.05, 3.63) is 42.1 Å². The molecule has 0 saturated carbocycles. The van der Waals surface area contributed by atoms with E-state index in [9.17, 15) is 0 Å². The minimum absolute atomic E-state index is 0.491. The predicted molar refractivity (Wildman–Crippen MR) is 72.4 cm³/mol. The Labute approximate surface area is 107 Å². The van der Waals surface area contributed by atoms with Gasteiger partial charge in [-0.1, -0.05) is 18.2 Å². The highest BCUT2D eigenvalue weighted by Crippen LogP contribution is 2.16. The molecular formula is C15H18N2O. The zero-order chi connectivity index (χ0) is 12.2. The van der Waals surface area contributed by atoms with Gasteiger partial charge in [-0.2, -0.15) is 0 Å². The maximum atomic E-state index is 5.48. The van der Waals surface area contributed by atoms with E-state index in [2.05, 4.69) is 34.6 Å². The van der Waals surface area contributed by atoms with Crippen LogP contribution in [-0.4, -0.2) is 24.2 Å². The lowest BCUT2D eigenvalue weighted by molar-refractivity contribution is 0.0700. The minimum atomic E-state index is 0.491. The Bertz CT molecular complexity index is 515. The van der Waals surface area contributed by atoms with Gasteiger partial charge in [-0.15, -0.1) is 0 Å². The summed E-state index contributed by atoms with van der Waals surface area (Å²) in [7, 11) is 0. The van der Waals surface area contributed by atoms with Gasteiger partial charge < -0.3 is 10.1 Å². The van der Waals surface area contributed by atoms with Crippen LogP contribution in [0.4, 0.5) is 0 Å². The summed E-state index contributed by atoms with van der Waals surface area (Å²) in [6.07, 6.45) is 4.26. The number of aromatic nitrogens is 1. The number of ether oxygens (including phenoxy) is 1. The summed E-state index contributed by atoms with van der Waals surface area (Å²) in [5.41, 5.74) is 2.38. The van der Waals surface area contributed by atoms with Crippen LogP contribution in [0.3, 0.4) is 0 Å². The van der Waals surface area contributed by atoms with Crippen molar-refractivity contribution >= 4 is 10.9 Å². The highest BCUT2D eigenvalue weighted by molar-refractivity contribution is 5.81. The largest absolute Gasteiger partial charge is 0.380 e. The number of rotatable bonds is 3. The van der Waals surface area contributed by atoms with E-state index < -0.39 is 0 Å². The van der Waals surface area contributed by atoms with Gasteiger partial charge in [0.05, 0.1) is 12.1 Å². The van der Waals surface area contributed by atoms with Crippen LogP contribution < -0.4 is 5.32 Å². The lowest BCUT2D eigenvalue weighted by atomic mass is 10.1. The number of nitrogens with zero attached hydrogens (tertiary/aromatic N) is 1. The molecule has 1 atom stereocenters. The molecule has 0 amide bonds. The van der Waals surface area contributed by atoms with Gasteiger partial charge in [0.1, 0.15) is 0 Å². The second-order valence-corrected chi connectivity index (χ2v) is 4.78. The molecule has 0 radical (unpaired) electrons. The van der Waals surface area contributed by atoms with Gasteiger partial charge in [-0.3, -0.25) is 4.98 Å². The normalized spacial score (nSPS) is 20.1. The first-order valence-corrected chi connectivity index (χ1v) is 6.57. The molecule has 2 aromatic rings. The first-order chi connectivity index (χ1) is 8.93. The first-order valence-electron chi connectivity index (χ1n) is 6.57. The monoisotopic (exact) mass is 242 g/mol. The second kappa shape index (κ2) is 5.46. The summed E-state index contributed by atoms with van der Waals surface area (Å²) in [4.78, 5) is 4.38. The highest BCUT2D eigenvalue weighted by atomic mass is 16.5. The second-order valence-electron chi connectivity index (χ2n) is 4.78. The first kappa shape index (κ1) is 11.6. The summed E-state index contributed by atoms with van der Waals surface area (Å²) >= 11 is 0. The fraction of sp³-hybridized carbons (Fsp3) is 0.400. The van der Waals surface area contributed by atoms with Crippen molar-refractivity contribution in [1.29, 1.82) is 0 Å². The number of fused-ring (bicyclic) bond motifs is 1. The molecule has 18 heavy (non-hydrogen) atoms. The SMILES string of the molecule is c1ccc2c(CNC3CCCOC3)ccnc2c1. The van der Waals surface area contributed by atoms with E-state index in [4.69, 9.17) is 4.74 Å². The number of nitrogens with one attached hydrogen (secondary N) is 1. The molecule has 2 heterocycles. The predicted octanol–water partition coefficient (Wildman–Crippen LogP) is 2.50. The third-order valence-electron chi connectivity index (χ3n) is 3.48. The smallest absolute Gasteiger partial charge is 0.0705 e. The minimum Gasteiger partial charge on any atom is -0.380 e. The molecule has 0 aliphatic carbocycles. The fourth-order valence-corrected chi connectivity index (χ4v) is 2.47. The number of pyridine rings is 1. The molecule has 1 aromatic heterocycles. The van der Waals surface area contributed by atoms with Crippen LogP contribution in [0.1, 0.15) is 18.4 Å². The third kappa shape index (κ3) is 2.52. The molecule has 1 aromatic carbocycles. The molecule has 1 aliphatic heterocycles. The van der Waals surface area contributed by atoms with E-state index in [0.29, 0.717) is 6.04 Å². The fourth-order valence-electron chi connectivity index (χ4n) is 2.47. The Morgan fingerprint density at radius 3 is 3.11 bits per heavy atom. The maximum Gasteiger partial charge on any atom is 0.0705 e. The van der Waals surface area contributed by atoms with Gasteiger partial charge in [0.15, 0.2) is 0 Å². The molecule has 0 spiro atoms. The van der Waals surface area contributed by atoms with Gasteiger partial charge >= 0.3 is 0 Å². The van der Waals surface area contributed by atoms with Gasteiger partial charge in [0, 0.05) is 30.8 Å². The van der Waals surface area contributed by atoms with Crippen molar-refractivity contribution in [2.75, 3.05) is 13.2 Å². The van der Waals surface area contributed by atoms with Crippen LogP contribution in [0, 0.1) is 0 Å². The van der Waals surface area contributed by atoms with Crippen LogP contribution in [0.25, 0.3) is 10.9 Å². The average Bonchev–Trinajstić information content (AvgIpc) is 2.46. The molecule has 1 aliphatic rings. The molecule has 3 heteroatoms. The van der Waals surface area contributed by atoms with Crippen LogP contribution in [0.15, 0.2) is 36.5 Å². The Kier molecular flexibility index (Phi) is 3.53. The van der Waals surface area contributed by atoms with Crippen LogP contribution >= 0.6 is 0 Å². The maximum absolute atomic E-state index is 5.48. The van der Waals surface area contributed by atoms with Gasteiger partial charge in [-0.25, -0.2) is 0 Å². The standard InChI is InChI=1S/C15H18N2O/c1-2-6-15-14(5-1)12(7-8-16-15)10-17-13-4-3-9-18-11-13/h1-2,5-8,13,17H,3-4,9-11H2. The number of hydrogen-bond acceptors (Lipinski definition) is 3. The topological polar surface area (TPSA) is 34.1 Å². The lowest BCUT2D eigenvalue weighted by Gasteiger charge is -2.23. The summed E-state index contributed by atoms with van der Waals surface area (Å²) in [6.45, 7) is 2.64. The molecule has 3 rings (SSSR count). The van der Waals surface area contributed by atoms with E-state index in [0.717, 1.165) is 31.7 Å². The quantitative estimate of drug-likeness (QED) is 0.898. The van der Waals surface area contributed by atoms with Crippen molar-refractivity contribution in [3.63, 3.8) is 0 Å². The van der Waals surface area contributed by atoms with E-state index >= 15 is 0 Å². The molecule has 3 nitrogen and oxygen atoms in total. The Morgan fingerprint density at radius 2 is 2.22 bits per heavy atom. The Morgan fingerprint density at radius 1 is 1.28 bits per heavy atom. The van der Waals surface area contributed by atoms with Crippen molar-refractivity contribution in [1.82, 2.24) is 10.3 Å². The Hall–Kier alpha value is -1.45. The van der Waals surface area contributed by atoms with E-state index in [1.165, 1.54) is 17.4 Å². The summed E-state index contributed by atoms with van der Waals surface area (Å²) < 4.78 is 5.48. The number of hydrogen-bond donors (Lipinski definition) is 1. The van der Waals surface area contributed by atoms with Gasteiger partial charge in [0.25, 0.3) is 0 Å². The van der Waals surface area contributed by atoms with Crippen LogP contribution in [0.5, 0.6) is 0 Å². The lowest BCUT2D eigenvalue weighted by Crippen LogP contribution is -2.36. The van der Waals surface area contributed by atoms with Gasteiger partial charge in [0.2, 0.25) is 0 Å². The zero-order valence-corrected chi connectivity index (χ0v) is 10.4. The van der Waals surface area contributed by atoms with Crippen molar-refractivity contribution in [2.24, 2.45) is 0 Å². The van der Waals surface area contributed by atoms with Crippen molar-refractivity contribution in [3.8, 4) is 0 Å². The van der Waals surface area contributed by atoms with Crippen molar-refractivity contribution < 1.29 is 4.74 Å². The van der Waals surface area contributed by atoms with E-state index in [1.807, 2.05) is 12.3 Å². The third-order valence-corrected chi connectivity index (χ3v) is 3.48. The Balaban J connectivity index is 1.74. The summed E-state index contributed by atoms with van der Waals surface area (Å²) in [5.74, 6) is 0. The summed E-state index contributed by atoms with van der Waals surface area (Å²) in [6, 6.07) is 10.9. The molecule has 0 bridgehead atoms. The summed E-state index contributed by atoms with van der Waals surface area (Å²) in [5, 5.41) is 4.82. The molecular weight excluding hydrogens is 224 g/mol. The molecule has 1 unspecified atom stereocenters. The van der Waals surface area contributed by atoms with Crippen molar-refractivity contribution in [2.45, 2.75) is 25.4 Å². The molecule has 1 fully saturated rings. The molecule has 1 saturated heterocycles. The molecule has 1 N–H and O–H groups in total. The van der Waals surface area contributed by atoms with E-state index in [1.54, 1.807) is 0 Å². The highest BCUT2D eigenvalue weighted by Gasteiger charge is 2.13. The van der Waals surface area contributed by atoms with Crippen LogP contribution in [0.2, 0.25) is 0 Å². The number of para-hydroxylation sites is 1. The zero-order valence-electron chi connectivity index (χ0n) is 10.4. The average molecular weight is 242 g/mol. The number of benzene rings is 1. The van der Waals surface area contributed by atoms with Crippen LogP contribution in [-0.2, 0) is 11.3 Å². The van der Waals surface area contributed by atoms with Gasteiger partial charge in [-0.05, 0) is 30.5 Å².